The number of nitrogens with two attached hydrogens (primary N) is 1. The van der Waals surface area contributed by atoms with Gasteiger partial charge in [0, 0.05) is 54.2 Å². The molecule has 2 aromatic carbocycles. The summed E-state index contributed by atoms with van der Waals surface area (Å²) < 4.78 is 20.6. The predicted octanol–water partition coefficient (Wildman–Crippen LogP) is 3.93. The Kier molecular flexibility index (Phi) is 5.24. The van der Waals surface area contributed by atoms with Crippen LogP contribution in [0.2, 0.25) is 0 Å². The number of anilines is 4. The van der Waals surface area contributed by atoms with Gasteiger partial charge in [-0.15, -0.1) is 0 Å². The number of halogens is 1. The van der Waals surface area contributed by atoms with Gasteiger partial charge < -0.3 is 31.0 Å². The third kappa shape index (κ3) is 3.90. The SMILES string of the molecule is Cc1cc2c(F)c(Oc3ncnc(Nc4ccc(N5CCNCC5)cc4)c3N)ccc2[nH]1. The van der Waals surface area contributed by atoms with Crippen LogP contribution in [0.15, 0.2) is 48.8 Å². The number of nitrogen functional groups attached to an aromatic ring is 1. The smallest absolute Gasteiger partial charge is 0.248 e. The molecule has 1 saturated heterocycles. The second-order valence-electron chi connectivity index (χ2n) is 7.74. The van der Waals surface area contributed by atoms with E-state index in [9.17, 15) is 4.39 Å². The van der Waals surface area contributed by atoms with E-state index in [1.165, 1.54) is 12.0 Å². The van der Waals surface area contributed by atoms with E-state index in [4.69, 9.17) is 10.5 Å². The molecule has 32 heavy (non-hydrogen) atoms. The average Bonchev–Trinajstić information content (AvgIpc) is 3.20. The van der Waals surface area contributed by atoms with Gasteiger partial charge >= 0.3 is 0 Å². The maximum atomic E-state index is 14.9. The molecule has 4 aromatic rings. The van der Waals surface area contributed by atoms with Gasteiger partial charge in [0.15, 0.2) is 17.4 Å². The molecule has 3 heterocycles. The standard InChI is InChI=1S/C23H24FN7O/c1-14-12-17-18(29-14)6-7-19(20(17)24)32-23-21(25)22(27-13-28-23)30-15-2-4-16(5-3-15)31-10-8-26-9-11-31/h2-7,12-13,26,29H,8-11,25H2,1H3,(H,27,28,30). The fraction of sp³-hybridized carbons (Fsp3) is 0.217. The minimum atomic E-state index is -0.470. The number of ether oxygens (including phenoxy) is 1. The van der Waals surface area contributed by atoms with Crippen molar-refractivity contribution < 1.29 is 9.13 Å². The fourth-order valence-electron chi connectivity index (χ4n) is 3.85. The van der Waals surface area contributed by atoms with Crippen molar-refractivity contribution in [3.05, 3.63) is 60.3 Å². The lowest BCUT2D eigenvalue weighted by molar-refractivity contribution is 0.432. The number of rotatable bonds is 5. The lowest BCUT2D eigenvalue weighted by Crippen LogP contribution is -2.43. The molecule has 5 rings (SSSR count). The highest BCUT2D eigenvalue weighted by atomic mass is 19.1. The Hall–Kier alpha value is -3.85. The number of hydrogen-bond acceptors (Lipinski definition) is 7. The van der Waals surface area contributed by atoms with Crippen molar-refractivity contribution >= 4 is 33.8 Å². The monoisotopic (exact) mass is 433 g/mol. The molecule has 0 radical (unpaired) electrons. The number of benzene rings is 2. The molecule has 2 aromatic heterocycles. The van der Waals surface area contributed by atoms with Crippen molar-refractivity contribution in [3.63, 3.8) is 0 Å². The molecular formula is C23H24FN7O. The molecule has 164 valence electrons. The minimum absolute atomic E-state index is 0.0493. The summed E-state index contributed by atoms with van der Waals surface area (Å²) in [6, 6.07) is 13.1. The van der Waals surface area contributed by atoms with Crippen molar-refractivity contribution in [2.24, 2.45) is 0 Å². The Labute approximate surface area is 184 Å². The van der Waals surface area contributed by atoms with E-state index in [-0.39, 0.29) is 17.3 Å². The third-order valence-corrected chi connectivity index (χ3v) is 5.50. The summed E-state index contributed by atoms with van der Waals surface area (Å²) in [7, 11) is 0. The first kappa shape index (κ1) is 20.1. The Morgan fingerprint density at radius 2 is 1.88 bits per heavy atom. The van der Waals surface area contributed by atoms with E-state index in [0.29, 0.717) is 16.7 Å². The highest BCUT2D eigenvalue weighted by molar-refractivity contribution is 5.83. The number of piperazine rings is 1. The van der Waals surface area contributed by atoms with Crippen molar-refractivity contribution in [2.45, 2.75) is 6.92 Å². The van der Waals surface area contributed by atoms with Gasteiger partial charge in [-0.25, -0.2) is 9.37 Å². The molecule has 0 atom stereocenters. The summed E-state index contributed by atoms with van der Waals surface area (Å²) in [5, 5.41) is 7.00. The van der Waals surface area contributed by atoms with Gasteiger partial charge in [-0.2, -0.15) is 4.98 Å². The maximum absolute atomic E-state index is 14.9. The van der Waals surface area contributed by atoms with Crippen molar-refractivity contribution in [3.8, 4) is 11.6 Å². The van der Waals surface area contributed by atoms with Gasteiger partial charge in [0.2, 0.25) is 5.88 Å². The molecule has 0 bridgehead atoms. The molecule has 5 N–H and O–H groups in total. The van der Waals surface area contributed by atoms with Gasteiger partial charge in [0.1, 0.15) is 12.0 Å². The van der Waals surface area contributed by atoms with E-state index in [2.05, 4.69) is 42.6 Å². The van der Waals surface area contributed by atoms with Crippen LogP contribution >= 0.6 is 0 Å². The zero-order chi connectivity index (χ0) is 22.1. The van der Waals surface area contributed by atoms with Crippen LogP contribution in [0.25, 0.3) is 10.9 Å². The van der Waals surface area contributed by atoms with Crippen LogP contribution in [0.4, 0.5) is 27.3 Å². The largest absolute Gasteiger partial charge is 0.434 e. The molecule has 0 amide bonds. The molecule has 1 fully saturated rings. The van der Waals surface area contributed by atoms with Crippen LogP contribution in [-0.2, 0) is 0 Å². The summed E-state index contributed by atoms with van der Waals surface area (Å²) >= 11 is 0. The minimum Gasteiger partial charge on any atom is -0.434 e. The topological polar surface area (TPSA) is 104 Å². The molecule has 1 aliphatic heterocycles. The van der Waals surface area contributed by atoms with Crippen LogP contribution in [0.5, 0.6) is 11.6 Å². The first-order valence-electron chi connectivity index (χ1n) is 10.5. The molecule has 9 heteroatoms. The number of nitrogens with zero attached hydrogens (tertiary/aromatic N) is 3. The fourth-order valence-corrected chi connectivity index (χ4v) is 3.85. The molecule has 0 spiro atoms. The lowest BCUT2D eigenvalue weighted by Gasteiger charge is -2.29. The second-order valence-corrected chi connectivity index (χ2v) is 7.74. The molecule has 0 saturated carbocycles. The highest BCUT2D eigenvalue weighted by Gasteiger charge is 2.16. The molecule has 0 aliphatic carbocycles. The van der Waals surface area contributed by atoms with Gasteiger partial charge in [-0.1, -0.05) is 0 Å². The van der Waals surface area contributed by atoms with Crippen LogP contribution < -0.4 is 26.0 Å². The molecular weight excluding hydrogens is 409 g/mol. The predicted molar refractivity (Wildman–Crippen MR) is 124 cm³/mol. The van der Waals surface area contributed by atoms with Crippen molar-refractivity contribution in [1.82, 2.24) is 20.3 Å². The van der Waals surface area contributed by atoms with E-state index < -0.39 is 5.82 Å². The summed E-state index contributed by atoms with van der Waals surface area (Å²) in [4.78, 5) is 13.7. The average molecular weight is 433 g/mol. The van der Waals surface area contributed by atoms with Gasteiger partial charge in [0.05, 0.1) is 0 Å². The van der Waals surface area contributed by atoms with E-state index in [1.807, 2.05) is 19.1 Å². The molecule has 1 aliphatic rings. The molecule has 0 unspecified atom stereocenters. The first-order valence-corrected chi connectivity index (χ1v) is 10.5. The van der Waals surface area contributed by atoms with Crippen LogP contribution in [0, 0.1) is 12.7 Å². The van der Waals surface area contributed by atoms with E-state index in [0.717, 1.165) is 37.6 Å². The van der Waals surface area contributed by atoms with Crippen molar-refractivity contribution in [1.29, 1.82) is 0 Å². The summed E-state index contributed by atoms with van der Waals surface area (Å²) in [6.07, 6.45) is 1.33. The van der Waals surface area contributed by atoms with E-state index >= 15 is 0 Å². The quantitative estimate of drug-likeness (QED) is 0.378. The third-order valence-electron chi connectivity index (χ3n) is 5.50. The number of aromatic nitrogens is 3. The summed E-state index contributed by atoms with van der Waals surface area (Å²) in [6.45, 7) is 5.81. The Balaban J connectivity index is 1.35. The Morgan fingerprint density at radius 1 is 1.09 bits per heavy atom. The first-order chi connectivity index (χ1) is 15.6. The number of H-pyrrole nitrogens is 1. The maximum Gasteiger partial charge on any atom is 0.248 e. The van der Waals surface area contributed by atoms with Crippen molar-refractivity contribution in [2.75, 3.05) is 42.1 Å². The number of nitrogens with one attached hydrogen (secondary N) is 3. The summed E-state index contributed by atoms with van der Waals surface area (Å²) in [5.74, 6) is 0.0606. The zero-order valence-electron chi connectivity index (χ0n) is 17.7. The number of aryl methyl sites for hydroxylation is 1. The number of aromatic amines is 1. The van der Waals surface area contributed by atoms with Gasteiger partial charge in [-0.3, -0.25) is 0 Å². The lowest BCUT2D eigenvalue weighted by atomic mass is 10.2. The Bertz CT molecular complexity index is 1250. The van der Waals surface area contributed by atoms with Gasteiger partial charge in [0.25, 0.3) is 0 Å². The number of fused-ring (bicyclic) bond motifs is 1. The Morgan fingerprint density at radius 3 is 2.66 bits per heavy atom. The highest BCUT2D eigenvalue weighted by Crippen LogP contribution is 2.34. The van der Waals surface area contributed by atoms with Crippen LogP contribution in [-0.4, -0.2) is 41.1 Å². The summed E-state index contributed by atoms with van der Waals surface area (Å²) in [5.41, 5.74) is 10.0. The van der Waals surface area contributed by atoms with Gasteiger partial charge in [-0.05, 0) is 49.4 Å². The second kappa shape index (κ2) is 8.35. The normalized spacial score (nSPS) is 14.0. The zero-order valence-corrected chi connectivity index (χ0v) is 17.7. The number of hydrogen-bond donors (Lipinski definition) is 4. The van der Waals surface area contributed by atoms with E-state index in [1.54, 1.807) is 18.2 Å². The van der Waals surface area contributed by atoms with Crippen LogP contribution in [0.1, 0.15) is 5.69 Å². The van der Waals surface area contributed by atoms with Crippen LogP contribution in [0.3, 0.4) is 0 Å². The molecule has 8 nitrogen and oxygen atoms in total.